The predicted octanol–water partition coefficient (Wildman–Crippen LogP) is 0.281. The van der Waals surface area contributed by atoms with Crippen molar-refractivity contribution in [2.24, 2.45) is 0 Å². The van der Waals surface area contributed by atoms with Gasteiger partial charge in [0.15, 0.2) is 0 Å². The predicted molar refractivity (Wildman–Crippen MR) is 43.2 cm³/mol. The van der Waals surface area contributed by atoms with E-state index in [4.69, 9.17) is 5.11 Å². The average Bonchev–Trinajstić information content (AvgIpc) is 2.00. The molecule has 11 heavy (non-hydrogen) atoms. The summed E-state index contributed by atoms with van der Waals surface area (Å²) in [6, 6.07) is 0. The van der Waals surface area contributed by atoms with Crippen LogP contribution in [0, 0.1) is 0 Å². The lowest BCUT2D eigenvalue weighted by molar-refractivity contribution is -0.0950. The summed E-state index contributed by atoms with van der Waals surface area (Å²) in [5, 5.41) is 27.3. The van der Waals surface area contributed by atoms with E-state index in [0.717, 1.165) is 12.8 Å². The summed E-state index contributed by atoms with van der Waals surface area (Å²) in [6.45, 7) is 3.06. The molecule has 0 amide bonds. The molecular formula is C8H18O3. The highest BCUT2D eigenvalue weighted by molar-refractivity contribution is 4.80. The first-order chi connectivity index (χ1) is 5.04. The van der Waals surface area contributed by atoms with Gasteiger partial charge in [-0.3, -0.25) is 0 Å². The lowest BCUT2D eigenvalue weighted by Crippen LogP contribution is -2.42. The quantitative estimate of drug-likeness (QED) is 0.544. The van der Waals surface area contributed by atoms with E-state index in [1.54, 1.807) is 0 Å². The van der Waals surface area contributed by atoms with Crippen molar-refractivity contribution in [1.82, 2.24) is 0 Å². The van der Waals surface area contributed by atoms with Gasteiger partial charge in [-0.25, -0.2) is 0 Å². The minimum atomic E-state index is -1.34. The van der Waals surface area contributed by atoms with E-state index in [1.807, 2.05) is 6.92 Å². The fraction of sp³-hybridized carbons (Fsp3) is 1.00. The third kappa shape index (κ3) is 3.70. The summed E-state index contributed by atoms with van der Waals surface area (Å²) in [6.07, 6.45) is 1.59. The Balaban J connectivity index is 3.71. The smallest absolute Gasteiger partial charge is 0.111 e. The van der Waals surface area contributed by atoms with Gasteiger partial charge in [0.05, 0.1) is 12.7 Å². The molecule has 0 aliphatic carbocycles. The van der Waals surface area contributed by atoms with Crippen LogP contribution in [0.15, 0.2) is 0 Å². The lowest BCUT2D eigenvalue weighted by atomic mass is 9.96. The van der Waals surface area contributed by atoms with Crippen LogP contribution in [0.2, 0.25) is 0 Å². The Morgan fingerprint density at radius 3 is 2.36 bits per heavy atom. The molecule has 0 aromatic heterocycles. The van der Waals surface area contributed by atoms with Gasteiger partial charge in [-0.2, -0.15) is 0 Å². The van der Waals surface area contributed by atoms with Gasteiger partial charge < -0.3 is 15.3 Å². The maximum absolute atomic E-state index is 9.32. The van der Waals surface area contributed by atoms with Gasteiger partial charge in [-0.1, -0.05) is 19.8 Å². The van der Waals surface area contributed by atoms with E-state index >= 15 is 0 Å². The molecule has 0 radical (unpaired) electrons. The summed E-state index contributed by atoms with van der Waals surface area (Å²) < 4.78 is 0. The average molecular weight is 162 g/mol. The number of aliphatic hydroxyl groups is 3. The van der Waals surface area contributed by atoms with Crippen LogP contribution in [-0.2, 0) is 0 Å². The summed E-state index contributed by atoms with van der Waals surface area (Å²) in [4.78, 5) is 0. The maximum atomic E-state index is 9.32. The van der Waals surface area contributed by atoms with Gasteiger partial charge >= 0.3 is 0 Å². The van der Waals surface area contributed by atoms with Crippen LogP contribution >= 0.6 is 0 Å². The van der Waals surface area contributed by atoms with E-state index in [1.165, 1.54) is 6.92 Å². The largest absolute Gasteiger partial charge is 0.393 e. The van der Waals surface area contributed by atoms with Crippen LogP contribution < -0.4 is 0 Å². The highest BCUT2D eigenvalue weighted by atomic mass is 16.4. The Morgan fingerprint density at radius 2 is 2.00 bits per heavy atom. The van der Waals surface area contributed by atoms with Crippen LogP contribution in [-0.4, -0.2) is 33.6 Å². The fourth-order valence-corrected chi connectivity index (χ4v) is 0.814. The van der Waals surface area contributed by atoms with Crippen molar-refractivity contribution in [1.29, 1.82) is 0 Å². The molecule has 2 atom stereocenters. The molecule has 0 bridgehead atoms. The summed E-state index contributed by atoms with van der Waals surface area (Å²) >= 11 is 0. The van der Waals surface area contributed by atoms with Gasteiger partial charge in [-0.15, -0.1) is 0 Å². The fourth-order valence-electron chi connectivity index (χ4n) is 0.814. The van der Waals surface area contributed by atoms with Crippen LogP contribution in [0.4, 0.5) is 0 Å². The highest BCUT2D eigenvalue weighted by Crippen LogP contribution is 2.14. The number of aliphatic hydroxyl groups excluding tert-OH is 2. The topological polar surface area (TPSA) is 60.7 Å². The van der Waals surface area contributed by atoms with E-state index in [0.29, 0.717) is 6.42 Å². The normalized spacial score (nSPS) is 19.4. The van der Waals surface area contributed by atoms with Crippen LogP contribution in [0.3, 0.4) is 0 Å². The summed E-state index contributed by atoms with van der Waals surface area (Å²) in [5.41, 5.74) is -1.34. The number of rotatable bonds is 5. The summed E-state index contributed by atoms with van der Waals surface area (Å²) in [7, 11) is 0. The first kappa shape index (κ1) is 10.9. The lowest BCUT2D eigenvalue weighted by Gasteiger charge is -2.26. The second-order valence-electron chi connectivity index (χ2n) is 3.17. The summed E-state index contributed by atoms with van der Waals surface area (Å²) in [5.74, 6) is 0. The van der Waals surface area contributed by atoms with E-state index in [2.05, 4.69) is 0 Å². The first-order valence-corrected chi connectivity index (χ1v) is 4.06. The van der Waals surface area contributed by atoms with Gasteiger partial charge in [0.1, 0.15) is 5.60 Å². The molecule has 0 aliphatic heterocycles. The zero-order valence-corrected chi connectivity index (χ0v) is 7.25. The standard InChI is InChI=1S/C8H18O3/c1-3-4-5-7(10)8(2,11)6-9/h7,9-11H,3-6H2,1-2H3/t7-,8+/m0/s1. The molecule has 0 rings (SSSR count). The number of unbranched alkanes of at least 4 members (excludes halogenated alkanes) is 1. The minimum Gasteiger partial charge on any atom is -0.393 e. The van der Waals surface area contributed by atoms with Gasteiger partial charge in [0.25, 0.3) is 0 Å². The molecule has 0 spiro atoms. The van der Waals surface area contributed by atoms with Crippen molar-refractivity contribution in [2.45, 2.75) is 44.8 Å². The van der Waals surface area contributed by atoms with Crippen molar-refractivity contribution < 1.29 is 15.3 Å². The van der Waals surface area contributed by atoms with E-state index < -0.39 is 18.3 Å². The Bertz CT molecular complexity index is 102. The van der Waals surface area contributed by atoms with Crippen molar-refractivity contribution in [3.63, 3.8) is 0 Å². The molecule has 3 nitrogen and oxygen atoms in total. The molecular weight excluding hydrogens is 144 g/mol. The molecule has 0 aromatic rings. The van der Waals surface area contributed by atoms with E-state index in [9.17, 15) is 10.2 Å². The van der Waals surface area contributed by atoms with Crippen molar-refractivity contribution in [3.05, 3.63) is 0 Å². The van der Waals surface area contributed by atoms with Gasteiger partial charge in [-0.05, 0) is 13.3 Å². The molecule has 3 N–H and O–H groups in total. The second-order valence-corrected chi connectivity index (χ2v) is 3.17. The Morgan fingerprint density at radius 1 is 1.45 bits per heavy atom. The zero-order valence-electron chi connectivity index (χ0n) is 7.25. The number of hydrogen-bond acceptors (Lipinski definition) is 3. The maximum Gasteiger partial charge on any atom is 0.111 e. The Hall–Kier alpha value is -0.120. The molecule has 0 unspecified atom stereocenters. The molecule has 0 aliphatic rings. The van der Waals surface area contributed by atoms with Crippen LogP contribution in [0.1, 0.15) is 33.1 Å². The van der Waals surface area contributed by atoms with Crippen molar-refractivity contribution >= 4 is 0 Å². The Labute approximate surface area is 67.7 Å². The van der Waals surface area contributed by atoms with Gasteiger partial charge in [0, 0.05) is 0 Å². The molecule has 0 heterocycles. The third-order valence-corrected chi connectivity index (χ3v) is 1.87. The van der Waals surface area contributed by atoms with Gasteiger partial charge in [0.2, 0.25) is 0 Å². The monoisotopic (exact) mass is 162 g/mol. The second kappa shape index (κ2) is 4.70. The number of hydrogen-bond donors (Lipinski definition) is 3. The van der Waals surface area contributed by atoms with Crippen molar-refractivity contribution in [3.8, 4) is 0 Å². The van der Waals surface area contributed by atoms with Crippen LogP contribution in [0.25, 0.3) is 0 Å². The zero-order chi connectivity index (χ0) is 8.91. The minimum absolute atomic E-state index is 0.391. The molecule has 68 valence electrons. The first-order valence-electron chi connectivity index (χ1n) is 4.06. The molecule has 0 saturated heterocycles. The molecule has 0 fully saturated rings. The third-order valence-electron chi connectivity index (χ3n) is 1.87. The molecule has 3 heteroatoms. The van der Waals surface area contributed by atoms with Crippen LogP contribution in [0.5, 0.6) is 0 Å². The Kier molecular flexibility index (Phi) is 4.65. The highest BCUT2D eigenvalue weighted by Gasteiger charge is 2.28. The van der Waals surface area contributed by atoms with Crippen molar-refractivity contribution in [2.75, 3.05) is 6.61 Å². The SMILES string of the molecule is CCCC[C@H](O)[C@](C)(O)CO. The molecule has 0 saturated carbocycles. The molecule has 0 aromatic carbocycles. The van der Waals surface area contributed by atoms with E-state index in [-0.39, 0.29) is 0 Å².